The molecular formula is C10H17Br. The van der Waals surface area contributed by atoms with Crippen LogP contribution in [0.25, 0.3) is 0 Å². The summed E-state index contributed by atoms with van der Waals surface area (Å²) < 4.78 is 0. The summed E-state index contributed by atoms with van der Waals surface area (Å²) in [4.78, 5) is 0. The van der Waals surface area contributed by atoms with Gasteiger partial charge in [-0.25, -0.2) is 0 Å². The Hall–Kier alpha value is 0.480. The first kappa shape index (κ1) is 8.10. The van der Waals surface area contributed by atoms with E-state index in [9.17, 15) is 0 Å². The molecule has 0 radical (unpaired) electrons. The molecule has 0 aliphatic heterocycles. The Morgan fingerprint density at radius 3 is 2.64 bits per heavy atom. The molecule has 0 unspecified atom stereocenters. The van der Waals surface area contributed by atoms with Gasteiger partial charge in [0.2, 0.25) is 0 Å². The van der Waals surface area contributed by atoms with E-state index in [2.05, 4.69) is 22.9 Å². The Balaban J connectivity index is 1.71. The van der Waals surface area contributed by atoms with Crippen molar-refractivity contribution in [1.82, 2.24) is 0 Å². The van der Waals surface area contributed by atoms with Crippen molar-refractivity contribution in [1.29, 1.82) is 0 Å². The van der Waals surface area contributed by atoms with Crippen molar-refractivity contribution in [2.45, 2.75) is 39.0 Å². The lowest BCUT2D eigenvalue weighted by Crippen LogP contribution is -1.86. The maximum absolute atomic E-state index is 3.59. The molecule has 1 spiro atoms. The highest BCUT2D eigenvalue weighted by molar-refractivity contribution is 9.09. The standard InChI is InChI=1S/C10H17Br/c1-2-3-4-8-5-10(8)6-9(10)7-11/h8-9H,2-7H2,1H3/t8-,9-,10-/m1/s1. The van der Waals surface area contributed by atoms with Crippen LogP contribution >= 0.6 is 15.9 Å². The minimum absolute atomic E-state index is 0.888. The van der Waals surface area contributed by atoms with Gasteiger partial charge in [0.25, 0.3) is 0 Å². The molecule has 0 aromatic heterocycles. The molecule has 11 heavy (non-hydrogen) atoms. The Kier molecular flexibility index (Phi) is 2.03. The molecule has 2 fully saturated rings. The Morgan fingerprint density at radius 1 is 1.36 bits per heavy atom. The van der Waals surface area contributed by atoms with Gasteiger partial charge in [-0.2, -0.15) is 0 Å². The first-order valence-corrected chi connectivity index (χ1v) is 6.01. The van der Waals surface area contributed by atoms with E-state index in [0.717, 1.165) is 17.3 Å². The van der Waals surface area contributed by atoms with Gasteiger partial charge in [-0.05, 0) is 36.5 Å². The van der Waals surface area contributed by atoms with Crippen LogP contribution in [0.3, 0.4) is 0 Å². The van der Waals surface area contributed by atoms with Gasteiger partial charge in [-0.3, -0.25) is 0 Å². The van der Waals surface area contributed by atoms with Gasteiger partial charge in [0.15, 0.2) is 0 Å². The molecule has 0 aromatic rings. The quantitative estimate of drug-likeness (QED) is 0.631. The average Bonchev–Trinajstić information content (AvgIpc) is 2.89. The monoisotopic (exact) mass is 216 g/mol. The zero-order valence-corrected chi connectivity index (χ0v) is 8.86. The van der Waals surface area contributed by atoms with E-state index in [4.69, 9.17) is 0 Å². The van der Waals surface area contributed by atoms with Gasteiger partial charge >= 0.3 is 0 Å². The Labute approximate surface area is 77.9 Å². The first-order valence-electron chi connectivity index (χ1n) is 4.89. The lowest BCUT2D eigenvalue weighted by molar-refractivity contribution is 0.580. The summed E-state index contributed by atoms with van der Waals surface area (Å²) in [6, 6.07) is 0. The van der Waals surface area contributed by atoms with Crippen LogP contribution in [-0.4, -0.2) is 5.33 Å². The zero-order valence-electron chi connectivity index (χ0n) is 7.28. The normalized spacial score (nSPS) is 46.4. The summed E-state index contributed by atoms with van der Waals surface area (Å²) >= 11 is 3.59. The molecule has 2 rings (SSSR count). The van der Waals surface area contributed by atoms with Crippen molar-refractivity contribution in [2.24, 2.45) is 17.3 Å². The van der Waals surface area contributed by atoms with Crippen molar-refractivity contribution in [2.75, 3.05) is 5.33 Å². The number of rotatable bonds is 4. The predicted octanol–water partition coefficient (Wildman–Crippen LogP) is 3.60. The lowest BCUT2D eigenvalue weighted by atomic mass is 10.1. The van der Waals surface area contributed by atoms with E-state index in [-0.39, 0.29) is 0 Å². The van der Waals surface area contributed by atoms with E-state index in [0.29, 0.717) is 0 Å². The molecule has 0 nitrogen and oxygen atoms in total. The molecule has 0 saturated heterocycles. The van der Waals surface area contributed by atoms with Crippen LogP contribution in [-0.2, 0) is 0 Å². The van der Waals surface area contributed by atoms with E-state index in [1.54, 1.807) is 6.42 Å². The summed E-state index contributed by atoms with van der Waals surface area (Å²) in [5.41, 5.74) is 0.888. The van der Waals surface area contributed by atoms with E-state index in [1.165, 1.54) is 31.0 Å². The molecular weight excluding hydrogens is 200 g/mol. The molecule has 0 amide bonds. The van der Waals surface area contributed by atoms with Crippen molar-refractivity contribution >= 4 is 15.9 Å². The second kappa shape index (κ2) is 2.76. The SMILES string of the molecule is CCCC[C@@H]1C[C@@]12C[C@@H]2CBr. The topological polar surface area (TPSA) is 0 Å². The summed E-state index contributed by atoms with van der Waals surface area (Å²) in [5.74, 6) is 2.19. The highest BCUT2D eigenvalue weighted by atomic mass is 79.9. The van der Waals surface area contributed by atoms with Crippen molar-refractivity contribution in [3.05, 3.63) is 0 Å². The first-order chi connectivity index (χ1) is 5.33. The maximum Gasteiger partial charge on any atom is 0.00652 e. The molecule has 2 saturated carbocycles. The van der Waals surface area contributed by atoms with Crippen molar-refractivity contribution in [3.8, 4) is 0 Å². The van der Waals surface area contributed by atoms with Crippen LogP contribution in [0.4, 0.5) is 0 Å². The third kappa shape index (κ3) is 1.26. The van der Waals surface area contributed by atoms with Crippen molar-refractivity contribution < 1.29 is 0 Å². The summed E-state index contributed by atoms with van der Waals surface area (Å²) in [6.07, 6.45) is 7.45. The van der Waals surface area contributed by atoms with Crippen LogP contribution in [0.15, 0.2) is 0 Å². The summed E-state index contributed by atoms with van der Waals surface area (Å²) in [5, 5.41) is 1.26. The van der Waals surface area contributed by atoms with Gasteiger partial charge in [-0.15, -0.1) is 0 Å². The van der Waals surface area contributed by atoms with Gasteiger partial charge in [0.05, 0.1) is 0 Å². The molecule has 0 aromatic carbocycles. The van der Waals surface area contributed by atoms with Gasteiger partial charge in [0.1, 0.15) is 0 Å². The highest BCUT2D eigenvalue weighted by Gasteiger charge is 2.68. The molecule has 2 aliphatic carbocycles. The molecule has 2 aliphatic rings. The Morgan fingerprint density at radius 2 is 2.09 bits per heavy atom. The molecule has 1 heteroatoms. The minimum Gasteiger partial charge on any atom is -0.0925 e. The zero-order chi connectivity index (χ0) is 7.90. The second-order valence-corrected chi connectivity index (χ2v) is 4.98. The van der Waals surface area contributed by atoms with Crippen LogP contribution in [0.2, 0.25) is 0 Å². The maximum atomic E-state index is 3.59. The number of hydrogen-bond donors (Lipinski definition) is 0. The average molecular weight is 217 g/mol. The van der Waals surface area contributed by atoms with E-state index >= 15 is 0 Å². The van der Waals surface area contributed by atoms with Crippen LogP contribution in [0, 0.1) is 17.3 Å². The highest BCUT2D eigenvalue weighted by Crippen LogP contribution is 2.76. The number of alkyl halides is 1. The smallest absolute Gasteiger partial charge is 0.00652 e. The van der Waals surface area contributed by atoms with E-state index < -0.39 is 0 Å². The molecule has 3 atom stereocenters. The van der Waals surface area contributed by atoms with Crippen molar-refractivity contribution in [3.63, 3.8) is 0 Å². The lowest BCUT2D eigenvalue weighted by Gasteiger charge is -1.94. The second-order valence-electron chi connectivity index (χ2n) is 4.33. The predicted molar refractivity (Wildman–Crippen MR) is 52.0 cm³/mol. The summed E-state index contributed by atoms with van der Waals surface area (Å²) in [7, 11) is 0. The van der Waals surface area contributed by atoms with E-state index in [1.807, 2.05) is 0 Å². The molecule has 0 heterocycles. The number of unbranched alkanes of at least 4 members (excludes halogenated alkanes) is 1. The number of hydrogen-bond acceptors (Lipinski definition) is 0. The van der Waals surface area contributed by atoms with Gasteiger partial charge in [0, 0.05) is 5.33 Å². The molecule has 64 valence electrons. The molecule has 0 N–H and O–H groups in total. The largest absolute Gasteiger partial charge is 0.0925 e. The van der Waals surface area contributed by atoms with Crippen LogP contribution < -0.4 is 0 Å². The molecule has 0 bridgehead atoms. The summed E-state index contributed by atoms with van der Waals surface area (Å²) in [6.45, 7) is 2.30. The van der Waals surface area contributed by atoms with Gasteiger partial charge < -0.3 is 0 Å². The third-order valence-electron chi connectivity index (χ3n) is 3.65. The Bertz CT molecular complexity index is 155. The van der Waals surface area contributed by atoms with Crippen LogP contribution in [0.1, 0.15) is 39.0 Å². The fraction of sp³-hybridized carbons (Fsp3) is 1.00. The minimum atomic E-state index is 0.888. The fourth-order valence-electron chi connectivity index (χ4n) is 2.60. The third-order valence-corrected chi connectivity index (χ3v) is 4.43. The van der Waals surface area contributed by atoms with Gasteiger partial charge in [-0.1, -0.05) is 35.7 Å². The van der Waals surface area contributed by atoms with Crippen LogP contribution in [0.5, 0.6) is 0 Å². The fourth-order valence-corrected chi connectivity index (χ4v) is 3.47. The number of halogens is 1.